The molecular formula is C12H16N2O3S. The number of carboxylic acids is 1. The van der Waals surface area contributed by atoms with Gasteiger partial charge >= 0.3 is 5.97 Å². The number of carbonyl (C=O) groups is 2. The number of rotatable bonds is 4. The lowest BCUT2D eigenvalue weighted by Crippen LogP contribution is -2.45. The quantitative estimate of drug-likeness (QED) is 0.850. The molecule has 0 bridgehead atoms. The SMILES string of the molecule is C=CCN(C(=O)c1nc(C(=O)O)cs1)C(C)(C)C. The maximum Gasteiger partial charge on any atom is 0.355 e. The second-order valence-electron chi connectivity index (χ2n) is 4.72. The summed E-state index contributed by atoms with van der Waals surface area (Å²) in [5.41, 5.74) is -0.476. The lowest BCUT2D eigenvalue weighted by atomic mass is 10.1. The van der Waals surface area contributed by atoms with Crippen molar-refractivity contribution in [2.75, 3.05) is 6.54 Å². The Hall–Kier alpha value is -1.69. The van der Waals surface area contributed by atoms with Gasteiger partial charge in [0.15, 0.2) is 10.7 Å². The molecule has 1 rings (SSSR count). The molecule has 0 aliphatic carbocycles. The van der Waals surface area contributed by atoms with Crippen molar-refractivity contribution in [3.05, 3.63) is 28.7 Å². The lowest BCUT2D eigenvalue weighted by Gasteiger charge is -2.34. The summed E-state index contributed by atoms with van der Waals surface area (Å²) < 4.78 is 0. The second-order valence-corrected chi connectivity index (χ2v) is 5.58. The van der Waals surface area contributed by atoms with E-state index in [-0.39, 0.29) is 22.1 Å². The Morgan fingerprint density at radius 2 is 2.17 bits per heavy atom. The van der Waals surface area contributed by atoms with Gasteiger partial charge in [-0.1, -0.05) is 6.08 Å². The predicted molar refractivity (Wildman–Crippen MR) is 70.1 cm³/mol. The molecule has 5 nitrogen and oxygen atoms in total. The minimum absolute atomic E-state index is 0.101. The Bertz CT molecular complexity index is 474. The van der Waals surface area contributed by atoms with Crippen LogP contribution in [0.3, 0.4) is 0 Å². The first kappa shape index (κ1) is 14.4. The molecule has 0 spiro atoms. The lowest BCUT2D eigenvalue weighted by molar-refractivity contribution is 0.0616. The van der Waals surface area contributed by atoms with Gasteiger partial charge in [0.1, 0.15) is 0 Å². The van der Waals surface area contributed by atoms with Gasteiger partial charge in [-0.05, 0) is 20.8 Å². The van der Waals surface area contributed by atoms with Gasteiger partial charge in [0.25, 0.3) is 5.91 Å². The van der Waals surface area contributed by atoms with E-state index in [0.717, 1.165) is 11.3 Å². The molecule has 0 fully saturated rings. The van der Waals surface area contributed by atoms with Gasteiger partial charge in [-0.2, -0.15) is 0 Å². The van der Waals surface area contributed by atoms with Crippen LogP contribution in [0.15, 0.2) is 18.0 Å². The molecule has 1 heterocycles. The summed E-state index contributed by atoms with van der Waals surface area (Å²) in [7, 11) is 0. The van der Waals surface area contributed by atoms with Crippen molar-refractivity contribution in [3.8, 4) is 0 Å². The van der Waals surface area contributed by atoms with Gasteiger partial charge in [0.05, 0.1) is 0 Å². The van der Waals surface area contributed by atoms with Crippen LogP contribution in [0.25, 0.3) is 0 Å². The molecule has 0 aliphatic heterocycles. The topological polar surface area (TPSA) is 70.5 Å². The van der Waals surface area contributed by atoms with Crippen LogP contribution in [0.2, 0.25) is 0 Å². The number of aromatic carboxylic acids is 1. The van der Waals surface area contributed by atoms with Crippen molar-refractivity contribution in [1.29, 1.82) is 0 Å². The van der Waals surface area contributed by atoms with Crippen molar-refractivity contribution in [2.24, 2.45) is 0 Å². The Morgan fingerprint density at radius 1 is 1.56 bits per heavy atom. The number of nitrogens with zero attached hydrogens (tertiary/aromatic N) is 2. The number of hydrogen-bond acceptors (Lipinski definition) is 4. The molecule has 0 saturated heterocycles. The molecule has 0 atom stereocenters. The number of carboxylic acid groups (broad SMARTS) is 1. The smallest absolute Gasteiger partial charge is 0.355 e. The zero-order valence-electron chi connectivity index (χ0n) is 10.6. The van der Waals surface area contributed by atoms with Crippen molar-refractivity contribution in [3.63, 3.8) is 0 Å². The Morgan fingerprint density at radius 3 is 2.56 bits per heavy atom. The third kappa shape index (κ3) is 3.16. The molecule has 1 aromatic heterocycles. The van der Waals surface area contributed by atoms with E-state index in [1.54, 1.807) is 11.0 Å². The molecule has 1 N–H and O–H groups in total. The maximum atomic E-state index is 12.3. The van der Waals surface area contributed by atoms with Crippen molar-refractivity contribution >= 4 is 23.2 Å². The van der Waals surface area contributed by atoms with Crippen LogP contribution in [-0.4, -0.2) is 39.0 Å². The highest BCUT2D eigenvalue weighted by molar-refractivity contribution is 7.11. The fourth-order valence-electron chi connectivity index (χ4n) is 1.38. The van der Waals surface area contributed by atoms with Gasteiger partial charge in [0, 0.05) is 17.5 Å². The van der Waals surface area contributed by atoms with E-state index in [4.69, 9.17) is 5.11 Å². The number of carbonyl (C=O) groups excluding carboxylic acids is 1. The van der Waals surface area contributed by atoms with Crippen LogP contribution in [0.1, 0.15) is 41.1 Å². The van der Waals surface area contributed by atoms with Crippen molar-refractivity contribution in [2.45, 2.75) is 26.3 Å². The summed E-state index contributed by atoms with van der Waals surface area (Å²) in [4.78, 5) is 28.4. The molecular weight excluding hydrogens is 252 g/mol. The van der Waals surface area contributed by atoms with Gasteiger partial charge in [-0.15, -0.1) is 17.9 Å². The van der Waals surface area contributed by atoms with Gasteiger partial charge in [-0.3, -0.25) is 4.79 Å². The van der Waals surface area contributed by atoms with Crippen LogP contribution in [0, 0.1) is 0 Å². The van der Waals surface area contributed by atoms with Crippen LogP contribution in [0.5, 0.6) is 0 Å². The van der Waals surface area contributed by atoms with Gasteiger partial charge < -0.3 is 10.0 Å². The zero-order valence-corrected chi connectivity index (χ0v) is 11.5. The van der Waals surface area contributed by atoms with Crippen LogP contribution >= 0.6 is 11.3 Å². The summed E-state index contributed by atoms with van der Waals surface area (Å²) >= 11 is 1.04. The third-order valence-corrected chi connectivity index (χ3v) is 3.10. The first-order valence-electron chi connectivity index (χ1n) is 5.39. The maximum absolute atomic E-state index is 12.3. The Kier molecular flexibility index (Phi) is 4.24. The number of amides is 1. The van der Waals surface area contributed by atoms with Crippen molar-refractivity contribution in [1.82, 2.24) is 9.88 Å². The Labute approximate surface area is 110 Å². The van der Waals surface area contributed by atoms with E-state index in [2.05, 4.69) is 11.6 Å². The van der Waals surface area contributed by atoms with Gasteiger partial charge in [-0.25, -0.2) is 9.78 Å². The fourth-order valence-corrected chi connectivity index (χ4v) is 2.12. The third-order valence-electron chi connectivity index (χ3n) is 2.27. The monoisotopic (exact) mass is 268 g/mol. The predicted octanol–water partition coefficient (Wildman–Crippen LogP) is 2.27. The normalized spacial score (nSPS) is 11.1. The van der Waals surface area contributed by atoms with E-state index >= 15 is 0 Å². The molecule has 0 saturated carbocycles. The minimum atomic E-state index is -1.13. The number of thiazole rings is 1. The summed E-state index contributed by atoms with van der Waals surface area (Å²) in [5.74, 6) is -1.41. The van der Waals surface area contributed by atoms with Crippen molar-refractivity contribution < 1.29 is 14.7 Å². The number of aromatic nitrogens is 1. The molecule has 1 amide bonds. The van der Waals surface area contributed by atoms with Gasteiger partial charge in [0.2, 0.25) is 0 Å². The standard InChI is InChI=1S/C12H16N2O3S/c1-5-6-14(12(2,3)4)10(15)9-13-8(7-18-9)11(16)17/h5,7H,1,6H2,2-4H3,(H,16,17). The largest absolute Gasteiger partial charge is 0.476 e. The van der Waals surface area contributed by atoms with E-state index in [0.29, 0.717) is 6.54 Å². The first-order chi connectivity index (χ1) is 8.27. The summed E-state index contributed by atoms with van der Waals surface area (Å²) in [5, 5.41) is 10.3. The summed E-state index contributed by atoms with van der Waals surface area (Å²) in [6, 6.07) is 0. The second kappa shape index (κ2) is 5.30. The highest BCUT2D eigenvalue weighted by Gasteiger charge is 2.28. The molecule has 18 heavy (non-hydrogen) atoms. The van der Waals surface area contributed by atoms with E-state index in [1.165, 1.54) is 5.38 Å². The first-order valence-corrected chi connectivity index (χ1v) is 6.27. The molecule has 6 heteroatoms. The number of hydrogen-bond donors (Lipinski definition) is 1. The van der Waals surface area contributed by atoms with Crippen LogP contribution in [0.4, 0.5) is 0 Å². The summed E-state index contributed by atoms with van der Waals surface area (Å²) in [6.45, 7) is 9.72. The van der Waals surface area contributed by atoms with E-state index in [9.17, 15) is 9.59 Å². The molecule has 0 aliphatic rings. The molecule has 0 unspecified atom stereocenters. The zero-order chi connectivity index (χ0) is 13.9. The molecule has 0 aromatic carbocycles. The van der Waals surface area contributed by atoms with Crippen LogP contribution in [-0.2, 0) is 0 Å². The minimum Gasteiger partial charge on any atom is -0.476 e. The Balaban J connectivity index is 3.02. The highest BCUT2D eigenvalue weighted by Crippen LogP contribution is 2.19. The molecule has 0 radical (unpaired) electrons. The average Bonchev–Trinajstić information content (AvgIpc) is 2.72. The van der Waals surface area contributed by atoms with E-state index in [1.807, 2.05) is 20.8 Å². The van der Waals surface area contributed by atoms with Crippen LogP contribution < -0.4 is 0 Å². The molecule has 1 aromatic rings. The van der Waals surface area contributed by atoms with E-state index < -0.39 is 5.97 Å². The highest BCUT2D eigenvalue weighted by atomic mass is 32.1. The average molecular weight is 268 g/mol. The summed E-state index contributed by atoms with van der Waals surface area (Å²) in [6.07, 6.45) is 1.63. The molecule has 98 valence electrons. The fraction of sp³-hybridized carbons (Fsp3) is 0.417.